The molecule has 0 unspecified atom stereocenters. The summed E-state index contributed by atoms with van der Waals surface area (Å²) in [5.74, 6) is 0.0479. The highest BCUT2D eigenvalue weighted by Gasteiger charge is 2.17. The van der Waals surface area contributed by atoms with Crippen LogP contribution in [-0.4, -0.2) is 26.1 Å². The molecule has 7 nitrogen and oxygen atoms in total. The van der Waals surface area contributed by atoms with Gasteiger partial charge in [0.25, 0.3) is 5.91 Å². The molecule has 0 aliphatic carbocycles. The predicted molar refractivity (Wildman–Crippen MR) is 92.8 cm³/mol. The van der Waals surface area contributed by atoms with Crippen molar-refractivity contribution in [2.45, 2.75) is 13.8 Å². The maximum absolute atomic E-state index is 12.6. The average Bonchev–Trinajstić information content (AvgIpc) is 3.25. The molecule has 2 heterocycles. The summed E-state index contributed by atoms with van der Waals surface area (Å²) in [4.78, 5) is 12.6. The lowest BCUT2D eigenvalue weighted by molar-refractivity contribution is 0.0998. The van der Waals surface area contributed by atoms with E-state index in [9.17, 15) is 4.79 Å². The maximum atomic E-state index is 12.6. The van der Waals surface area contributed by atoms with Crippen molar-refractivity contribution >= 4 is 22.6 Å². The smallest absolute Gasteiger partial charge is 0.291 e. The van der Waals surface area contributed by atoms with E-state index in [0.717, 1.165) is 22.2 Å². The minimum absolute atomic E-state index is 0.276. The van der Waals surface area contributed by atoms with Gasteiger partial charge in [-0.2, -0.15) is 0 Å². The molecule has 1 N–H and O–H groups in total. The van der Waals surface area contributed by atoms with Gasteiger partial charge in [-0.05, 0) is 60.7 Å². The summed E-state index contributed by atoms with van der Waals surface area (Å²) in [6.07, 6.45) is 1.51. The Hall–Kier alpha value is -3.48. The highest BCUT2D eigenvalue weighted by molar-refractivity contribution is 6.06. The Bertz CT molecular complexity index is 1050. The second-order valence-electron chi connectivity index (χ2n) is 5.81. The van der Waals surface area contributed by atoms with Crippen molar-refractivity contribution in [2.24, 2.45) is 0 Å². The Balaban J connectivity index is 1.59. The standard InChI is InChI=1S/C18H15N5O2/c1-11-3-8-16-15(9-11)12(2)17(25-16)18(24)20-13-4-6-14(7-5-13)23-10-19-21-22-23/h3-10H,1-2H3,(H,20,24). The first-order valence-corrected chi connectivity index (χ1v) is 7.76. The molecule has 25 heavy (non-hydrogen) atoms. The number of hydrogen-bond donors (Lipinski definition) is 1. The number of fused-ring (bicyclic) bond motifs is 1. The molecular formula is C18H15N5O2. The fourth-order valence-electron chi connectivity index (χ4n) is 2.72. The minimum Gasteiger partial charge on any atom is -0.451 e. The zero-order valence-electron chi connectivity index (χ0n) is 13.7. The lowest BCUT2D eigenvalue weighted by atomic mass is 10.1. The number of furan rings is 1. The van der Waals surface area contributed by atoms with Crippen molar-refractivity contribution in [3.8, 4) is 5.69 Å². The summed E-state index contributed by atoms with van der Waals surface area (Å²) in [6, 6.07) is 13.1. The van der Waals surface area contributed by atoms with Crippen LogP contribution in [0.4, 0.5) is 5.69 Å². The van der Waals surface area contributed by atoms with E-state index in [0.29, 0.717) is 17.0 Å². The highest BCUT2D eigenvalue weighted by Crippen LogP contribution is 2.27. The molecule has 0 radical (unpaired) electrons. The fraction of sp³-hybridized carbons (Fsp3) is 0.111. The third kappa shape index (κ3) is 2.76. The molecule has 0 atom stereocenters. The molecular weight excluding hydrogens is 318 g/mol. The Morgan fingerprint density at radius 3 is 2.64 bits per heavy atom. The molecule has 0 saturated heterocycles. The Morgan fingerprint density at radius 1 is 1.12 bits per heavy atom. The van der Waals surface area contributed by atoms with Crippen molar-refractivity contribution in [1.29, 1.82) is 0 Å². The van der Waals surface area contributed by atoms with Gasteiger partial charge >= 0.3 is 0 Å². The molecule has 4 aromatic rings. The van der Waals surface area contributed by atoms with Crippen molar-refractivity contribution in [2.75, 3.05) is 5.32 Å². The monoisotopic (exact) mass is 333 g/mol. The van der Waals surface area contributed by atoms with Gasteiger partial charge in [0.05, 0.1) is 5.69 Å². The quantitative estimate of drug-likeness (QED) is 0.622. The SMILES string of the molecule is Cc1ccc2oc(C(=O)Nc3ccc(-n4cnnn4)cc3)c(C)c2c1. The van der Waals surface area contributed by atoms with E-state index in [4.69, 9.17) is 4.42 Å². The molecule has 4 rings (SSSR count). The van der Waals surface area contributed by atoms with Crippen LogP contribution in [0.2, 0.25) is 0 Å². The zero-order chi connectivity index (χ0) is 17.4. The Morgan fingerprint density at radius 2 is 1.92 bits per heavy atom. The van der Waals surface area contributed by atoms with E-state index in [1.54, 1.807) is 12.1 Å². The highest BCUT2D eigenvalue weighted by atomic mass is 16.3. The van der Waals surface area contributed by atoms with E-state index in [-0.39, 0.29) is 5.91 Å². The predicted octanol–water partition coefficient (Wildman–Crippen LogP) is 3.28. The second kappa shape index (κ2) is 5.86. The second-order valence-corrected chi connectivity index (χ2v) is 5.81. The largest absolute Gasteiger partial charge is 0.451 e. The number of anilines is 1. The third-order valence-electron chi connectivity index (χ3n) is 4.04. The normalized spacial score (nSPS) is 11.0. The van der Waals surface area contributed by atoms with Crippen LogP contribution < -0.4 is 5.32 Å². The van der Waals surface area contributed by atoms with Crippen molar-refractivity contribution in [1.82, 2.24) is 20.2 Å². The summed E-state index contributed by atoms with van der Waals surface area (Å²) in [6.45, 7) is 3.90. The molecule has 0 aliphatic heterocycles. The van der Waals surface area contributed by atoms with Crippen molar-refractivity contribution in [3.05, 3.63) is 65.7 Å². The number of carbonyl (C=O) groups excluding carboxylic acids is 1. The first-order chi connectivity index (χ1) is 12.1. The molecule has 124 valence electrons. The number of rotatable bonds is 3. The number of aromatic nitrogens is 4. The summed E-state index contributed by atoms with van der Waals surface area (Å²) >= 11 is 0. The van der Waals surface area contributed by atoms with E-state index in [2.05, 4.69) is 20.8 Å². The number of nitrogens with one attached hydrogen (secondary N) is 1. The Labute approximate surface area is 143 Å². The molecule has 2 aromatic heterocycles. The van der Waals surface area contributed by atoms with Crippen LogP contribution in [0, 0.1) is 13.8 Å². The van der Waals surface area contributed by atoms with Crippen LogP contribution in [0.25, 0.3) is 16.7 Å². The topological polar surface area (TPSA) is 85.8 Å². The Kier molecular flexibility index (Phi) is 3.53. The molecule has 2 aromatic carbocycles. The fourth-order valence-corrected chi connectivity index (χ4v) is 2.72. The molecule has 0 spiro atoms. The summed E-state index contributed by atoms with van der Waals surface area (Å²) in [5.41, 5.74) is 4.14. The van der Waals surface area contributed by atoms with Gasteiger partial charge in [0.2, 0.25) is 0 Å². The van der Waals surface area contributed by atoms with E-state index in [1.165, 1.54) is 11.0 Å². The number of benzene rings is 2. The number of carbonyl (C=O) groups is 1. The van der Waals surface area contributed by atoms with Gasteiger partial charge < -0.3 is 9.73 Å². The summed E-state index contributed by atoms with van der Waals surface area (Å²) in [5, 5.41) is 14.8. The number of amides is 1. The molecule has 1 amide bonds. The van der Waals surface area contributed by atoms with Crippen molar-refractivity contribution in [3.63, 3.8) is 0 Å². The van der Waals surface area contributed by atoms with E-state index < -0.39 is 0 Å². The lowest BCUT2D eigenvalue weighted by Crippen LogP contribution is -2.12. The third-order valence-corrected chi connectivity index (χ3v) is 4.04. The van der Waals surface area contributed by atoms with Gasteiger partial charge in [0.15, 0.2) is 5.76 Å². The van der Waals surface area contributed by atoms with Gasteiger partial charge in [-0.3, -0.25) is 4.79 Å². The maximum Gasteiger partial charge on any atom is 0.291 e. The first-order valence-electron chi connectivity index (χ1n) is 7.76. The molecule has 0 fully saturated rings. The van der Waals surface area contributed by atoms with Gasteiger partial charge in [-0.15, -0.1) is 5.10 Å². The molecule has 0 aliphatic rings. The van der Waals surface area contributed by atoms with Gasteiger partial charge in [-0.1, -0.05) is 11.6 Å². The van der Waals surface area contributed by atoms with Crippen LogP contribution in [0.1, 0.15) is 21.7 Å². The van der Waals surface area contributed by atoms with Gasteiger partial charge in [0.1, 0.15) is 11.9 Å². The summed E-state index contributed by atoms with van der Waals surface area (Å²) < 4.78 is 7.27. The number of nitrogens with zero attached hydrogens (tertiary/aromatic N) is 4. The number of aryl methyl sites for hydroxylation is 2. The van der Waals surface area contributed by atoms with Gasteiger partial charge in [0, 0.05) is 16.6 Å². The molecule has 7 heteroatoms. The van der Waals surface area contributed by atoms with Crippen LogP contribution in [0.3, 0.4) is 0 Å². The first kappa shape index (κ1) is 15.1. The van der Waals surface area contributed by atoms with Crippen LogP contribution >= 0.6 is 0 Å². The van der Waals surface area contributed by atoms with Crippen LogP contribution in [-0.2, 0) is 0 Å². The van der Waals surface area contributed by atoms with E-state index in [1.807, 2.05) is 44.2 Å². The average molecular weight is 333 g/mol. The summed E-state index contributed by atoms with van der Waals surface area (Å²) in [7, 11) is 0. The van der Waals surface area contributed by atoms with Crippen LogP contribution in [0.5, 0.6) is 0 Å². The number of hydrogen-bond acceptors (Lipinski definition) is 5. The lowest BCUT2D eigenvalue weighted by Gasteiger charge is -2.05. The number of tetrazole rings is 1. The minimum atomic E-state index is -0.276. The van der Waals surface area contributed by atoms with Gasteiger partial charge in [-0.25, -0.2) is 4.68 Å². The molecule has 0 saturated carbocycles. The van der Waals surface area contributed by atoms with E-state index >= 15 is 0 Å². The van der Waals surface area contributed by atoms with Crippen LogP contribution in [0.15, 0.2) is 53.2 Å². The zero-order valence-corrected chi connectivity index (χ0v) is 13.7. The van der Waals surface area contributed by atoms with Crippen molar-refractivity contribution < 1.29 is 9.21 Å². The molecule has 0 bridgehead atoms.